The molecule has 0 amide bonds. The number of ether oxygens (including phenoxy) is 1. The van der Waals surface area contributed by atoms with Crippen molar-refractivity contribution in [1.82, 2.24) is 0 Å². The minimum atomic E-state index is -0.276. The van der Waals surface area contributed by atoms with E-state index in [1.54, 1.807) is 0 Å². The van der Waals surface area contributed by atoms with Gasteiger partial charge in [0.15, 0.2) is 0 Å². The van der Waals surface area contributed by atoms with Crippen LogP contribution in [0.1, 0.15) is 38.5 Å². The van der Waals surface area contributed by atoms with E-state index in [0.29, 0.717) is 18.8 Å². The third kappa shape index (κ3) is 2.65. The van der Waals surface area contributed by atoms with Gasteiger partial charge in [0.1, 0.15) is 11.6 Å². The predicted molar refractivity (Wildman–Crippen MR) is 55.5 cm³/mol. The van der Waals surface area contributed by atoms with Gasteiger partial charge in [0.05, 0.1) is 5.92 Å². The van der Waals surface area contributed by atoms with E-state index in [2.05, 4.69) is 0 Å². The van der Waals surface area contributed by atoms with Crippen LogP contribution in [0.15, 0.2) is 0 Å². The lowest BCUT2D eigenvalue weighted by Crippen LogP contribution is -2.31. The first-order chi connectivity index (χ1) is 7.27. The van der Waals surface area contributed by atoms with Gasteiger partial charge < -0.3 is 4.74 Å². The van der Waals surface area contributed by atoms with Crippen molar-refractivity contribution in [3.8, 4) is 0 Å². The molecule has 1 saturated heterocycles. The van der Waals surface area contributed by atoms with Gasteiger partial charge in [0.25, 0.3) is 0 Å². The monoisotopic (exact) mass is 210 g/mol. The van der Waals surface area contributed by atoms with Crippen LogP contribution in [0.5, 0.6) is 0 Å². The summed E-state index contributed by atoms with van der Waals surface area (Å²) in [4.78, 5) is 23.3. The highest BCUT2D eigenvalue weighted by Crippen LogP contribution is 2.28. The molecular formula is C12H18O3. The quantitative estimate of drug-likeness (QED) is 0.652. The normalized spacial score (nSPS) is 25.9. The zero-order valence-corrected chi connectivity index (χ0v) is 9.04. The van der Waals surface area contributed by atoms with Gasteiger partial charge in [-0.15, -0.1) is 0 Å². The standard InChI is InChI=1S/C12H18O3/c13-11-2-1-3-12(14)10(11)8-9-4-6-15-7-5-9/h9-10H,1-8H2. The van der Waals surface area contributed by atoms with E-state index in [1.807, 2.05) is 0 Å². The number of rotatable bonds is 2. The minimum absolute atomic E-state index is 0.178. The molecule has 0 atom stereocenters. The molecule has 3 nitrogen and oxygen atoms in total. The Balaban J connectivity index is 1.90. The molecule has 84 valence electrons. The van der Waals surface area contributed by atoms with Crippen molar-refractivity contribution in [3.63, 3.8) is 0 Å². The molecule has 0 N–H and O–H groups in total. The van der Waals surface area contributed by atoms with Crippen LogP contribution in [0.2, 0.25) is 0 Å². The highest BCUT2D eigenvalue weighted by molar-refractivity contribution is 6.04. The Labute approximate surface area is 90.2 Å². The lowest BCUT2D eigenvalue weighted by molar-refractivity contribution is -0.136. The molecule has 2 aliphatic rings. The summed E-state index contributed by atoms with van der Waals surface area (Å²) in [5.74, 6) is 0.604. The van der Waals surface area contributed by atoms with Gasteiger partial charge in [-0.1, -0.05) is 0 Å². The highest BCUT2D eigenvalue weighted by Gasteiger charge is 2.32. The molecule has 1 heterocycles. The number of ketones is 2. The molecule has 0 radical (unpaired) electrons. The number of carbonyl (C=O) groups excluding carboxylic acids is 2. The van der Waals surface area contributed by atoms with Crippen molar-refractivity contribution >= 4 is 11.6 Å². The predicted octanol–water partition coefficient (Wildman–Crippen LogP) is 1.74. The fourth-order valence-electron chi connectivity index (χ4n) is 2.54. The first-order valence-corrected chi connectivity index (χ1v) is 5.90. The van der Waals surface area contributed by atoms with Crippen LogP contribution < -0.4 is 0 Å². The largest absolute Gasteiger partial charge is 0.381 e. The molecule has 1 saturated carbocycles. The zero-order chi connectivity index (χ0) is 10.7. The molecular weight excluding hydrogens is 192 g/mol. The van der Waals surface area contributed by atoms with Crippen molar-refractivity contribution < 1.29 is 14.3 Å². The van der Waals surface area contributed by atoms with Crippen molar-refractivity contribution in [1.29, 1.82) is 0 Å². The number of carbonyl (C=O) groups is 2. The smallest absolute Gasteiger partial charge is 0.143 e. The van der Waals surface area contributed by atoms with Crippen molar-refractivity contribution in [3.05, 3.63) is 0 Å². The summed E-state index contributed by atoms with van der Waals surface area (Å²) in [7, 11) is 0. The van der Waals surface area contributed by atoms with Crippen LogP contribution in [0, 0.1) is 11.8 Å². The first-order valence-electron chi connectivity index (χ1n) is 5.90. The van der Waals surface area contributed by atoms with Crippen LogP contribution in [0.4, 0.5) is 0 Å². The summed E-state index contributed by atoms with van der Waals surface area (Å²) < 4.78 is 5.27. The summed E-state index contributed by atoms with van der Waals surface area (Å²) in [6.45, 7) is 1.58. The fourth-order valence-corrected chi connectivity index (χ4v) is 2.54. The van der Waals surface area contributed by atoms with E-state index >= 15 is 0 Å². The second kappa shape index (κ2) is 4.88. The van der Waals surface area contributed by atoms with Crippen LogP contribution in [0.25, 0.3) is 0 Å². The topological polar surface area (TPSA) is 43.4 Å². The molecule has 0 aromatic heterocycles. The Morgan fingerprint density at radius 2 is 1.67 bits per heavy atom. The van der Waals surface area contributed by atoms with Gasteiger partial charge in [-0.25, -0.2) is 0 Å². The molecule has 2 rings (SSSR count). The molecule has 3 heteroatoms. The fraction of sp³-hybridized carbons (Fsp3) is 0.833. The van der Waals surface area contributed by atoms with Crippen LogP contribution in [0.3, 0.4) is 0 Å². The average molecular weight is 210 g/mol. The summed E-state index contributed by atoms with van der Waals surface area (Å²) >= 11 is 0. The highest BCUT2D eigenvalue weighted by atomic mass is 16.5. The minimum Gasteiger partial charge on any atom is -0.381 e. The maximum absolute atomic E-state index is 11.6. The molecule has 0 aromatic rings. The second-order valence-electron chi connectivity index (χ2n) is 4.63. The summed E-state index contributed by atoms with van der Waals surface area (Å²) in [6.07, 6.45) is 4.79. The number of Topliss-reactive ketones (excluding diaryl/α,β-unsaturated/α-hetero) is 2. The maximum Gasteiger partial charge on any atom is 0.143 e. The average Bonchev–Trinajstić information content (AvgIpc) is 2.25. The van der Waals surface area contributed by atoms with Gasteiger partial charge in [0.2, 0.25) is 0 Å². The van der Waals surface area contributed by atoms with Crippen LogP contribution in [-0.4, -0.2) is 24.8 Å². The third-order valence-electron chi connectivity index (χ3n) is 3.53. The van der Waals surface area contributed by atoms with Gasteiger partial charge >= 0.3 is 0 Å². The van der Waals surface area contributed by atoms with Crippen molar-refractivity contribution in [2.24, 2.45) is 11.8 Å². The van der Waals surface area contributed by atoms with E-state index < -0.39 is 0 Å². The van der Waals surface area contributed by atoms with Crippen molar-refractivity contribution in [2.45, 2.75) is 38.5 Å². The lowest BCUT2D eigenvalue weighted by Gasteiger charge is -2.27. The van der Waals surface area contributed by atoms with E-state index in [0.717, 1.165) is 38.9 Å². The van der Waals surface area contributed by atoms with Crippen LogP contribution >= 0.6 is 0 Å². The summed E-state index contributed by atoms with van der Waals surface area (Å²) in [5, 5.41) is 0. The Kier molecular flexibility index (Phi) is 3.52. The van der Waals surface area contributed by atoms with E-state index in [9.17, 15) is 9.59 Å². The first kappa shape index (κ1) is 10.8. The van der Waals surface area contributed by atoms with Gasteiger partial charge in [-0.3, -0.25) is 9.59 Å². The Bertz CT molecular complexity index is 238. The molecule has 0 spiro atoms. The molecule has 15 heavy (non-hydrogen) atoms. The van der Waals surface area contributed by atoms with E-state index in [1.165, 1.54) is 0 Å². The molecule has 1 aliphatic heterocycles. The number of hydrogen-bond acceptors (Lipinski definition) is 3. The van der Waals surface area contributed by atoms with E-state index in [4.69, 9.17) is 4.74 Å². The SMILES string of the molecule is O=C1CCCC(=O)C1CC1CCOCC1. The molecule has 2 fully saturated rings. The second-order valence-corrected chi connectivity index (χ2v) is 4.63. The molecule has 0 aromatic carbocycles. The van der Waals surface area contributed by atoms with Gasteiger partial charge in [0, 0.05) is 26.1 Å². The third-order valence-corrected chi connectivity index (χ3v) is 3.53. The van der Waals surface area contributed by atoms with Gasteiger partial charge in [-0.05, 0) is 31.6 Å². The zero-order valence-electron chi connectivity index (χ0n) is 9.04. The molecule has 0 unspecified atom stereocenters. The van der Waals surface area contributed by atoms with E-state index in [-0.39, 0.29) is 17.5 Å². The van der Waals surface area contributed by atoms with Crippen molar-refractivity contribution in [2.75, 3.05) is 13.2 Å². The maximum atomic E-state index is 11.6. The Morgan fingerprint density at radius 3 is 2.27 bits per heavy atom. The number of hydrogen-bond donors (Lipinski definition) is 0. The molecule has 1 aliphatic carbocycles. The Hall–Kier alpha value is -0.700. The van der Waals surface area contributed by atoms with Gasteiger partial charge in [-0.2, -0.15) is 0 Å². The van der Waals surface area contributed by atoms with Crippen LogP contribution in [-0.2, 0) is 14.3 Å². The summed E-state index contributed by atoms with van der Waals surface area (Å²) in [5.41, 5.74) is 0. The summed E-state index contributed by atoms with van der Waals surface area (Å²) in [6, 6.07) is 0. The lowest BCUT2D eigenvalue weighted by atomic mass is 9.79. The Morgan fingerprint density at radius 1 is 1.07 bits per heavy atom. The molecule has 0 bridgehead atoms.